The van der Waals surface area contributed by atoms with Gasteiger partial charge in [-0.1, -0.05) is 0 Å². The number of nitrogens with zero attached hydrogens (tertiary/aromatic N) is 5. The summed E-state index contributed by atoms with van der Waals surface area (Å²) in [6.07, 6.45) is 2.40. The lowest BCUT2D eigenvalue weighted by molar-refractivity contribution is -0.153. The van der Waals surface area contributed by atoms with Crippen molar-refractivity contribution in [2.75, 3.05) is 45.2 Å². The van der Waals surface area contributed by atoms with Crippen molar-refractivity contribution < 1.29 is 22.7 Å². The number of carbonyl (C=O) groups excluding carboxylic acids is 1. The van der Waals surface area contributed by atoms with E-state index in [0.717, 1.165) is 51.7 Å². The Balaban J connectivity index is 1.41. The smallest absolute Gasteiger partial charge is 0.406 e. The second-order valence-corrected chi connectivity index (χ2v) is 10.1. The largest absolute Gasteiger partial charge is 0.496 e. The first-order valence-corrected chi connectivity index (χ1v) is 12.5. The van der Waals surface area contributed by atoms with Crippen LogP contribution in [0.5, 0.6) is 5.75 Å². The minimum absolute atomic E-state index is 0.0417. The van der Waals surface area contributed by atoms with Gasteiger partial charge in [-0.05, 0) is 62.6 Å². The predicted molar refractivity (Wildman–Crippen MR) is 136 cm³/mol. The Morgan fingerprint density at radius 3 is 2.57 bits per heavy atom. The monoisotopic (exact) mass is 515 g/mol. The van der Waals surface area contributed by atoms with Gasteiger partial charge in [0.2, 0.25) is 6.41 Å². The molecule has 2 fully saturated rings. The molecule has 1 amide bonds. The average Bonchev–Trinajstić information content (AvgIpc) is 3.36. The highest BCUT2D eigenvalue weighted by molar-refractivity contribution is 5.69. The molecule has 7 nitrogen and oxygen atoms in total. The number of hydrogen-bond donors (Lipinski definition) is 0. The van der Waals surface area contributed by atoms with Crippen molar-refractivity contribution in [2.45, 2.75) is 44.4 Å². The summed E-state index contributed by atoms with van der Waals surface area (Å²) in [7, 11) is 3.79. The number of fused-ring (bicyclic) bond motifs is 3. The van der Waals surface area contributed by atoms with Crippen LogP contribution in [0.15, 0.2) is 36.7 Å². The summed E-state index contributed by atoms with van der Waals surface area (Å²) in [5.41, 5.74) is 5.37. The summed E-state index contributed by atoms with van der Waals surface area (Å²) in [5, 5.41) is 0. The fraction of sp³-hybridized carbons (Fsp3) is 0.481. The number of alkyl halides is 3. The molecule has 3 aromatic rings. The van der Waals surface area contributed by atoms with Crippen LogP contribution in [0.2, 0.25) is 0 Å². The van der Waals surface area contributed by atoms with E-state index < -0.39 is 12.7 Å². The van der Waals surface area contributed by atoms with Crippen molar-refractivity contribution in [3.8, 4) is 17.0 Å². The third kappa shape index (κ3) is 5.12. The molecule has 2 unspecified atom stereocenters. The Kier molecular flexibility index (Phi) is 6.78. The molecular formula is C27H32F3N5O2. The topological polar surface area (TPSA) is 53.3 Å². The Morgan fingerprint density at radius 2 is 1.92 bits per heavy atom. The van der Waals surface area contributed by atoms with Crippen LogP contribution in [-0.4, -0.2) is 84.2 Å². The number of methoxy groups -OCH3 is 1. The number of imidazole rings is 1. The number of carbonyl (C=O) groups is 1. The minimum Gasteiger partial charge on any atom is -0.496 e. The summed E-state index contributed by atoms with van der Waals surface area (Å²) in [6.45, 7) is 2.59. The number of piperazine rings is 1. The van der Waals surface area contributed by atoms with Crippen molar-refractivity contribution in [3.05, 3.63) is 47.8 Å². The Bertz CT molecular complexity index is 1280. The van der Waals surface area contributed by atoms with Gasteiger partial charge in [-0.2, -0.15) is 13.2 Å². The molecule has 5 rings (SSSR count). The van der Waals surface area contributed by atoms with Gasteiger partial charge in [0, 0.05) is 55.2 Å². The number of likely N-dealkylation sites (N-methyl/N-ethyl adjacent to an activating group) is 1. The van der Waals surface area contributed by atoms with Crippen molar-refractivity contribution in [3.63, 3.8) is 0 Å². The molecule has 0 spiro atoms. The SMILES string of the molecule is COc1cc(-c2cnc3cc(N4CC5CCC(C4)N5C)ccn23)cc(CCN(C=O)CC(F)(F)F)c1C. The molecule has 1 aromatic carbocycles. The normalized spacial score (nSPS) is 20.0. The quantitative estimate of drug-likeness (QED) is 0.422. The van der Waals surface area contributed by atoms with E-state index in [2.05, 4.69) is 34.0 Å². The number of pyridine rings is 1. The molecule has 198 valence electrons. The summed E-state index contributed by atoms with van der Waals surface area (Å²) < 4.78 is 46.0. The molecule has 2 aliphatic rings. The van der Waals surface area contributed by atoms with Gasteiger partial charge >= 0.3 is 6.18 Å². The lowest BCUT2D eigenvalue weighted by Crippen LogP contribution is -2.52. The first-order chi connectivity index (χ1) is 17.7. The molecule has 0 radical (unpaired) electrons. The second kappa shape index (κ2) is 9.89. The van der Waals surface area contributed by atoms with Gasteiger partial charge in [0.05, 0.1) is 19.0 Å². The molecule has 2 bridgehead atoms. The number of hydrogen-bond acceptors (Lipinski definition) is 5. The number of anilines is 1. The van der Waals surface area contributed by atoms with Crippen molar-refractivity contribution in [2.24, 2.45) is 0 Å². The van der Waals surface area contributed by atoms with Crippen LogP contribution >= 0.6 is 0 Å². The van der Waals surface area contributed by atoms with Crippen LogP contribution in [0.3, 0.4) is 0 Å². The van der Waals surface area contributed by atoms with Crippen LogP contribution in [-0.2, 0) is 11.2 Å². The van der Waals surface area contributed by atoms with Crippen LogP contribution in [0.25, 0.3) is 16.9 Å². The average molecular weight is 516 g/mol. The van der Waals surface area contributed by atoms with Gasteiger partial charge < -0.3 is 14.5 Å². The Morgan fingerprint density at radius 1 is 1.19 bits per heavy atom. The lowest BCUT2D eigenvalue weighted by atomic mass is 9.99. The third-order valence-corrected chi connectivity index (χ3v) is 7.89. The van der Waals surface area contributed by atoms with Gasteiger partial charge in [-0.3, -0.25) is 14.1 Å². The highest BCUT2D eigenvalue weighted by Crippen LogP contribution is 2.34. The molecule has 2 atom stereocenters. The molecule has 2 aromatic heterocycles. The predicted octanol–water partition coefficient (Wildman–Crippen LogP) is 4.16. The highest BCUT2D eigenvalue weighted by Gasteiger charge is 2.37. The molecule has 0 N–H and O–H groups in total. The molecular weight excluding hydrogens is 483 g/mol. The number of rotatable bonds is 8. The Hall–Kier alpha value is -3.27. The zero-order valence-corrected chi connectivity index (χ0v) is 21.3. The van der Waals surface area contributed by atoms with E-state index >= 15 is 0 Å². The van der Waals surface area contributed by atoms with Crippen LogP contribution in [0, 0.1) is 6.92 Å². The zero-order valence-electron chi connectivity index (χ0n) is 21.3. The summed E-state index contributed by atoms with van der Waals surface area (Å²) in [4.78, 5) is 21.6. The summed E-state index contributed by atoms with van der Waals surface area (Å²) in [6, 6.07) is 9.28. The van der Waals surface area contributed by atoms with Crippen LogP contribution in [0.4, 0.5) is 18.9 Å². The summed E-state index contributed by atoms with van der Waals surface area (Å²) in [5.74, 6) is 0.639. The van der Waals surface area contributed by atoms with E-state index in [1.54, 1.807) is 7.11 Å². The maximum Gasteiger partial charge on any atom is 0.406 e. The van der Waals surface area contributed by atoms with Crippen LogP contribution in [0.1, 0.15) is 24.0 Å². The number of aromatic nitrogens is 2. The number of benzene rings is 1. The minimum atomic E-state index is -4.44. The Labute approximate surface area is 214 Å². The second-order valence-electron chi connectivity index (χ2n) is 10.1. The van der Waals surface area contributed by atoms with E-state index in [0.29, 0.717) is 17.8 Å². The molecule has 37 heavy (non-hydrogen) atoms. The fourth-order valence-corrected chi connectivity index (χ4v) is 5.73. The van der Waals surface area contributed by atoms with Crippen molar-refractivity contribution in [1.29, 1.82) is 0 Å². The van der Waals surface area contributed by atoms with Gasteiger partial charge in [0.25, 0.3) is 0 Å². The molecule has 4 heterocycles. The van der Waals surface area contributed by atoms with Crippen LogP contribution < -0.4 is 9.64 Å². The van der Waals surface area contributed by atoms with Gasteiger partial charge in [0.1, 0.15) is 17.9 Å². The number of ether oxygens (including phenoxy) is 1. The van der Waals surface area contributed by atoms with Gasteiger partial charge in [-0.15, -0.1) is 0 Å². The third-order valence-electron chi connectivity index (χ3n) is 7.89. The number of halogens is 3. The molecule has 2 saturated heterocycles. The molecule has 10 heteroatoms. The van der Waals surface area contributed by atoms with Gasteiger partial charge in [-0.25, -0.2) is 4.98 Å². The summed E-state index contributed by atoms with van der Waals surface area (Å²) >= 11 is 0. The lowest BCUT2D eigenvalue weighted by Gasteiger charge is -2.40. The van der Waals surface area contributed by atoms with E-state index in [1.165, 1.54) is 12.8 Å². The maximum atomic E-state index is 12.8. The van der Waals surface area contributed by atoms with Gasteiger partial charge in [0.15, 0.2) is 0 Å². The zero-order chi connectivity index (χ0) is 26.3. The number of amides is 1. The van der Waals surface area contributed by atoms with E-state index in [-0.39, 0.29) is 19.4 Å². The highest BCUT2D eigenvalue weighted by atomic mass is 19.4. The molecule has 0 aliphatic carbocycles. The van der Waals surface area contributed by atoms with E-state index in [4.69, 9.17) is 4.74 Å². The first-order valence-electron chi connectivity index (χ1n) is 12.5. The maximum absolute atomic E-state index is 12.8. The first kappa shape index (κ1) is 25.4. The standard InChI is InChI=1S/C27H32F3N5O2/c1-18-19(6-8-33(17-36)16-27(28,29)30)10-20(11-25(18)37-3)24-13-31-26-12-21(7-9-35(24)26)34-14-22-4-5-23(15-34)32(22)2/h7,9-13,17,22-23H,4-6,8,14-16H2,1-3H3. The fourth-order valence-electron chi connectivity index (χ4n) is 5.73. The molecule has 2 aliphatic heterocycles. The van der Waals surface area contributed by atoms with Crippen molar-refractivity contribution >= 4 is 17.7 Å². The van der Waals surface area contributed by atoms with E-state index in [1.807, 2.05) is 35.9 Å². The van der Waals surface area contributed by atoms with Crippen molar-refractivity contribution in [1.82, 2.24) is 19.2 Å². The molecule has 0 saturated carbocycles. The van der Waals surface area contributed by atoms with E-state index in [9.17, 15) is 18.0 Å².